The van der Waals surface area contributed by atoms with Crippen molar-refractivity contribution in [2.24, 2.45) is 0 Å². The number of rotatable bonds is 5. The summed E-state index contributed by atoms with van der Waals surface area (Å²) in [6, 6.07) is 25.5. The Morgan fingerprint density at radius 3 is 2.00 bits per heavy atom. The minimum absolute atomic E-state index is 0.221. The Labute approximate surface area is 175 Å². The second kappa shape index (κ2) is 7.07. The summed E-state index contributed by atoms with van der Waals surface area (Å²) < 4.78 is 26.4. The second-order valence-corrected chi connectivity index (χ2v) is 9.94. The van der Waals surface area contributed by atoms with Crippen LogP contribution in [0.25, 0.3) is 0 Å². The average molecular weight is 420 g/mol. The molecule has 6 heteroatoms. The van der Waals surface area contributed by atoms with Gasteiger partial charge in [-0.25, -0.2) is 13.5 Å². The number of para-hydroxylation sites is 1. The van der Waals surface area contributed by atoms with Crippen LogP contribution >= 0.6 is 0 Å². The first kappa shape index (κ1) is 19.0. The summed E-state index contributed by atoms with van der Waals surface area (Å²) in [7, 11) is -3.83. The van der Waals surface area contributed by atoms with Gasteiger partial charge in [0.1, 0.15) is 16.9 Å². The van der Waals surface area contributed by atoms with E-state index in [1.807, 2.05) is 36.4 Å². The van der Waals surface area contributed by atoms with E-state index in [9.17, 15) is 13.2 Å². The van der Waals surface area contributed by atoms with Crippen molar-refractivity contribution < 1.29 is 18.0 Å². The standard InChI is InChI=1S/C24H21NO4S/c26-22(18-10-4-1-5-11-18)23-24(30(27,28)20-14-8-3-9-15-20)17-16-21(24)29-25(23)19-12-6-2-7-13-19/h1-15,21,23H,16-17H2/t21-,23+,24-/m0/s1. The highest BCUT2D eigenvalue weighted by molar-refractivity contribution is 7.93. The van der Waals surface area contributed by atoms with Gasteiger partial charge >= 0.3 is 0 Å². The number of carbonyl (C=O) groups excluding carboxylic acids is 1. The minimum Gasteiger partial charge on any atom is -0.292 e. The molecule has 3 atom stereocenters. The molecule has 2 fully saturated rings. The molecule has 1 aliphatic heterocycles. The van der Waals surface area contributed by atoms with Gasteiger partial charge in [-0.2, -0.15) is 0 Å². The number of hydroxylamine groups is 1. The Balaban J connectivity index is 1.68. The highest BCUT2D eigenvalue weighted by atomic mass is 32.2. The number of sulfone groups is 1. The third-order valence-electron chi connectivity index (χ3n) is 6.15. The molecule has 0 spiro atoms. The Morgan fingerprint density at radius 1 is 0.867 bits per heavy atom. The number of hydrogen-bond acceptors (Lipinski definition) is 5. The highest BCUT2D eigenvalue weighted by Gasteiger charge is 2.71. The van der Waals surface area contributed by atoms with Crippen molar-refractivity contribution in [2.45, 2.75) is 34.6 Å². The van der Waals surface area contributed by atoms with Crippen molar-refractivity contribution in [3.8, 4) is 0 Å². The molecule has 152 valence electrons. The van der Waals surface area contributed by atoms with Crippen LogP contribution in [0.4, 0.5) is 5.69 Å². The van der Waals surface area contributed by atoms with E-state index in [0.29, 0.717) is 24.1 Å². The third-order valence-corrected chi connectivity index (χ3v) is 8.74. The van der Waals surface area contributed by atoms with Gasteiger partial charge in [0.15, 0.2) is 15.6 Å². The van der Waals surface area contributed by atoms with Crippen LogP contribution in [0.2, 0.25) is 0 Å². The van der Waals surface area contributed by atoms with Crippen molar-refractivity contribution in [1.29, 1.82) is 0 Å². The highest BCUT2D eigenvalue weighted by Crippen LogP contribution is 2.54. The molecule has 1 saturated heterocycles. The fourth-order valence-corrected chi connectivity index (χ4v) is 6.89. The summed E-state index contributed by atoms with van der Waals surface area (Å²) >= 11 is 0. The molecule has 0 unspecified atom stereocenters. The zero-order chi connectivity index (χ0) is 20.8. The number of anilines is 1. The largest absolute Gasteiger partial charge is 0.292 e. The van der Waals surface area contributed by atoms with Gasteiger partial charge < -0.3 is 0 Å². The smallest absolute Gasteiger partial charge is 0.189 e. The first-order chi connectivity index (χ1) is 14.6. The molecule has 5 rings (SSSR count). The summed E-state index contributed by atoms with van der Waals surface area (Å²) in [5, 5.41) is 1.52. The molecular formula is C24H21NO4S. The first-order valence-corrected chi connectivity index (χ1v) is 11.4. The Morgan fingerprint density at radius 2 is 1.43 bits per heavy atom. The average Bonchev–Trinajstić information content (AvgIpc) is 3.02. The number of benzene rings is 3. The number of ketones is 1. The summed E-state index contributed by atoms with van der Waals surface area (Å²) in [5.74, 6) is -0.249. The van der Waals surface area contributed by atoms with Crippen molar-refractivity contribution in [1.82, 2.24) is 0 Å². The molecule has 0 bridgehead atoms. The van der Waals surface area contributed by atoms with Crippen LogP contribution in [0, 0.1) is 0 Å². The molecule has 5 nitrogen and oxygen atoms in total. The molecule has 2 aliphatic rings. The Bertz CT molecular complexity index is 1170. The van der Waals surface area contributed by atoms with E-state index >= 15 is 0 Å². The van der Waals surface area contributed by atoms with E-state index in [4.69, 9.17) is 4.84 Å². The van der Waals surface area contributed by atoms with Crippen LogP contribution in [-0.2, 0) is 14.7 Å². The molecule has 0 amide bonds. The zero-order valence-electron chi connectivity index (χ0n) is 16.2. The maximum absolute atomic E-state index is 13.9. The lowest BCUT2D eigenvalue weighted by atomic mass is 9.74. The van der Waals surface area contributed by atoms with Gasteiger partial charge in [-0.1, -0.05) is 66.7 Å². The number of nitrogens with zero attached hydrogens (tertiary/aromatic N) is 1. The SMILES string of the molecule is O=C(c1ccccc1)[C@H]1N(c2ccccc2)O[C@H]2CC[C@]21S(=O)(=O)c1ccccc1. The van der Waals surface area contributed by atoms with Crippen LogP contribution < -0.4 is 5.06 Å². The van der Waals surface area contributed by atoms with E-state index in [-0.39, 0.29) is 10.7 Å². The summed E-state index contributed by atoms with van der Waals surface area (Å²) in [4.78, 5) is 20.1. The summed E-state index contributed by atoms with van der Waals surface area (Å²) in [6.07, 6.45) is 0.399. The molecule has 3 aromatic rings. The summed E-state index contributed by atoms with van der Waals surface area (Å²) in [6.45, 7) is 0. The molecule has 30 heavy (non-hydrogen) atoms. The zero-order valence-corrected chi connectivity index (χ0v) is 17.0. The number of carbonyl (C=O) groups is 1. The van der Waals surface area contributed by atoms with E-state index in [1.165, 1.54) is 5.06 Å². The number of hydrogen-bond donors (Lipinski definition) is 0. The van der Waals surface area contributed by atoms with Crippen molar-refractivity contribution in [2.75, 3.05) is 5.06 Å². The predicted molar refractivity (Wildman–Crippen MR) is 114 cm³/mol. The van der Waals surface area contributed by atoms with E-state index < -0.39 is 26.7 Å². The van der Waals surface area contributed by atoms with Gasteiger partial charge in [-0.05, 0) is 37.1 Å². The maximum atomic E-state index is 13.9. The second-order valence-electron chi connectivity index (χ2n) is 7.70. The third kappa shape index (κ3) is 2.64. The monoisotopic (exact) mass is 419 g/mol. The fourth-order valence-electron chi connectivity index (χ4n) is 4.54. The van der Waals surface area contributed by atoms with Gasteiger partial charge in [0.05, 0.1) is 10.6 Å². The molecule has 0 aromatic heterocycles. The van der Waals surface area contributed by atoms with Gasteiger partial charge in [0, 0.05) is 5.56 Å². The van der Waals surface area contributed by atoms with Crippen LogP contribution in [0.5, 0.6) is 0 Å². The molecule has 1 aliphatic carbocycles. The fraction of sp³-hybridized carbons (Fsp3) is 0.208. The van der Waals surface area contributed by atoms with Gasteiger partial charge in [-0.3, -0.25) is 9.63 Å². The molecule has 3 aromatic carbocycles. The molecule has 0 N–H and O–H groups in total. The van der Waals surface area contributed by atoms with Gasteiger partial charge in [0.25, 0.3) is 0 Å². The molecule has 1 heterocycles. The van der Waals surface area contributed by atoms with E-state index in [0.717, 1.165) is 0 Å². The molecule has 0 radical (unpaired) electrons. The first-order valence-electron chi connectivity index (χ1n) is 9.96. The van der Waals surface area contributed by atoms with Crippen LogP contribution in [-0.4, -0.2) is 31.1 Å². The van der Waals surface area contributed by atoms with Crippen molar-refractivity contribution in [3.05, 3.63) is 96.6 Å². The Hall–Kier alpha value is -2.96. The lowest BCUT2D eigenvalue weighted by Crippen LogP contribution is -2.63. The maximum Gasteiger partial charge on any atom is 0.189 e. The predicted octanol–water partition coefficient (Wildman–Crippen LogP) is 4.06. The Kier molecular flexibility index (Phi) is 4.49. The van der Waals surface area contributed by atoms with Crippen LogP contribution in [0.15, 0.2) is 95.9 Å². The lowest BCUT2D eigenvalue weighted by molar-refractivity contribution is 0.0296. The lowest BCUT2D eigenvalue weighted by Gasteiger charge is -2.43. The quantitative estimate of drug-likeness (QED) is 0.584. The van der Waals surface area contributed by atoms with Crippen LogP contribution in [0.1, 0.15) is 23.2 Å². The van der Waals surface area contributed by atoms with E-state index in [1.54, 1.807) is 54.6 Å². The van der Waals surface area contributed by atoms with E-state index in [2.05, 4.69) is 0 Å². The number of fused-ring (bicyclic) bond motifs is 1. The van der Waals surface area contributed by atoms with Crippen molar-refractivity contribution in [3.63, 3.8) is 0 Å². The summed E-state index contributed by atoms with van der Waals surface area (Å²) in [5.41, 5.74) is 1.14. The molecule has 1 saturated carbocycles. The number of Topliss-reactive ketones (excluding diaryl/α,β-unsaturated/α-hetero) is 1. The minimum atomic E-state index is -3.83. The van der Waals surface area contributed by atoms with Gasteiger partial charge in [0.2, 0.25) is 0 Å². The normalized spacial score (nSPS) is 25.4. The van der Waals surface area contributed by atoms with Crippen LogP contribution in [0.3, 0.4) is 0 Å². The van der Waals surface area contributed by atoms with Crippen molar-refractivity contribution >= 4 is 21.3 Å². The topological polar surface area (TPSA) is 63.7 Å². The van der Waals surface area contributed by atoms with Gasteiger partial charge in [-0.15, -0.1) is 0 Å². The molecular weight excluding hydrogens is 398 g/mol.